The van der Waals surface area contributed by atoms with Crippen LogP contribution in [0.2, 0.25) is 0 Å². The second-order valence-corrected chi connectivity index (χ2v) is 6.09. The molecule has 0 amide bonds. The van der Waals surface area contributed by atoms with E-state index in [-0.39, 0.29) is 12.3 Å². The minimum atomic E-state index is -0.911. The van der Waals surface area contributed by atoms with Gasteiger partial charge >= 0.3 is 5.97 Å². The monoisotopic (exact) mass is 343 g/mol. The topological polar surface area (TPSA) is 79.2 Å². The fourth-order valence-electron chi connectivity index (χ4n) is 2.92. The van der Waals surface area contributed by atoms with Crippen molar-refractivity contribution in [3.8, 4) is 17.2 Å². The van der Waals surface area contributed by atoms with Crippen LogP contribution in [0.4, 0.5) is 0 Å². The summed E-state index contributed by atoms with van der Waals surface area (Å²) in [7, 11) is 0. The van der Waals surface area contributed by atoms with Crippen molar-refractivity contribution >= 4 is 5.97 Å². The first-order valence-corrected chi connectivity index (χ1v) is 8.13. The van der Waals surface area contributed by atoms with Crippen molar-refractivity contribution in [2.24, 2.45) is 0 Å². The predicted octanol–water partition coefficient (Wildman–Crippen LogP) is 2.56. The first-order valence-electron chi connectivity index (χ1n) is 8.13. The number of ether oxygens (including phenoxy) is 2. The summed E-state index contributed by atoms with van der Waals surface area (Å²) in [6.07, 6.45) is 0. The van der Waals surface area contributed by atoms with E-state index in [1.807, 2.05) is 31.2 Å². The van der Waals surface area contributed by atoms with Crippen LogP contribution in [0.3, 0.4) is 0 Å². The fraction of sp³-hybridized carbons (Fsp3) is 0.316. The molecule has 0 fully saturated rings. The molecule has 1 aliphatic rings. The standard InChI is InChI=1S/C19H21NO5/c1-13-3-2-4-16(21)15(13)11-20(12-19(22)23)10-14-5-6-17-18(9-14)25-8-7-24-17/h2-6,9,21H,7-8,10-12H2,1H3,(H,22,23). The van der Waals surface area contributed by atoms with Crippen molar-refractivity contribution in [2.45, 2.75) is 20.0 Å². The zero-order valence-electron chi connectivity index (χ0n) is 14.1. The third-order valence-electron chi connectivity index (χ3n) is 4.14. The van der Waals surface area contributed by atoms with Gasteiger partial charge in [-0.3, -0.25) is 9.69 Å². The van der Waals surface area contributed by atoms with E-state index in [9.17, 15) is 15.0 Å². The molecule has 0 spiro atoms. The normalized spacial score (nSPS) is 13.0. The zero-order valence-corrected chi connectivity index (χ0v) is 14.1. The van der Waals surface area contributed by atoms with E-state index in [1.165, 1.54) is 0 Å². The van der Waals surface area contributed by atoms with Gasteiger partial charge in [0.15, 0.2) is 11.5 Å². The molecule has 0 aromatic heterocycles. The van der Waals surface area contributed by atoms with E-state index in [0.29, 0.717) is 37.8 Å². The Morgan fingerprint density at radius 1 is 1.12 bits per heavy atom. The number of rotatable bonds is 6. The van der Waals surface area contributed by atoms with Crippen LogP contribution >= 0.6 is 0 Å². The number of fused-ring (bicyclic) bond motifs is 1. The molecule has 25 heavy (non-hydrogen) atoms. The highest BCUT2D eigenvalue weighted by Crippen LogP contribution is 2.31. The number of nitrogens with zero attached hydrogens (tertiary/aromatic N) is 1. The first kappa shape index (κ1) is 17.1. The molecule has 6 nitrogen and oxygen atoms in total. The van der Waals surface area contributed by atoms with Crippen molar-refractivity contribution in [3.05, 3.63) is 53.1 Å². The Labute approximate surface area is 146 Å². The van der Waals surface area contributed by atoms with Crippen LogP contribution in [0.5, 0.6) is 17.2 Å². The molecule has 0 atom stereocenters. The molecule has 2 aromatic rings. The average molecular weight is 343 g/mol. The number of carboxylic acid groups (broad SMARTS) is 1. The Morgan fingerprint density at radius 2 is 1.88 bits per heavy atom. The first-order chi connectivity index (χ1) is 12.0. The summed E-state index contributed by atoms with van der Waals surface area (Å²) in [6, 6.07) is 10.9. The summed E-state index contributed by atoms with van der Waals surface area (Å²) < 4.78 is 11.1. The summed E-state index contributed by atoms with van der Waals surface area (Å²) in [6.45, 7) is 3.59. The van der Waals surface area contributed by atoms with Crippen LogP contribution in [0.1, 0.15) is 16.7 Å². The smallest absolute Gasteiger partial charge is 0.317 e. The Morgan fingerprint density at radius 3 is 2.60 bits per heavy atom. The second-order valence-electron chi connectivity index (χ2n) is 6.09. The van der Waals surface area contributed by atoms with Crippen molar-refractivity contribution < 1.29 is 24.5 Å². The maximum atomic E-state index is 11.2. The minimum absolute atomic E-state index is 0.123. The lowest BCUT2D eigenvalue weighted by atomic mass is 10.1. The Balaban J connectivity index is 1.80. The molecule has 3 rings (SSSR count). The van der Waals surface area contributed by atoms with E-state index in [1.54, 1.807) is 17.0 Å². The molecule has 1 heterocycles. The lowest BCUT2D eigenvalue weighted by molar-refractivity contribution is -0.138. The van der Waals surface area contributed by atoms with Gasteiger partial charge in [-0.1, -0.05) is 18.2 Å². The average Bonchev–Trinajstić information content (AvgIpc) is 2.57. The van der Waals surface area contributed by atoms with Crippen LogP contribution in [0.25, 0.3) is 0 Å². The summed E-state index contributed by atoms with van der Waals surface area (Å²) in [4.78, 5) is 13.0. The maximum absolute atomic E-state index is 11.2. The van der Waals surface area contributed by atoms with E-state index in [2.05, 4.69) is 0 Å². The molecular formula is C19H21NO5. The SMILES string of the molecule is Cc1cccc(O)c1CN(CC(=O)O)Cc1ccc2c(c1)OCCO2. The summed E-state index contributed by atoms with van der Waals surface area (Å²) >= 11 is 0. The number of benzene rings is 2. The summed E-state index contributed by atoms with van der Waals surface area (Å²) in [5, 5.41) is 19.3. The minimum Gasteiger partial charge on any atom is -0.508 e. The van der Waals surface area contributed by atoms with E-state index in [4.69, 9.17) is 9.47 Å². The van der Waals surface area contributed by atoms with Crippen LogP contribution in [0.15, 0.2) is 36.4 Å². The third-order valence-corrected chi connectivity index (χ3v) is 4.14. The van der Waals surface area contributed by atoms with E-state index >= 15 is 0 Å². The molecule has 0 saturated carbocycles. The predicted molar refractivity (Wildman–Crippen MR) is 92.0 cm³/mol. The van der Waals surface area contributed by atoms with Crippen LogP contribution in [-0.4, -0.2) is 40.8 Å². The van der Waals surface area contributed by atoms with Gasteiger partial charge in [-0.15, -0.1) is 0 Å². The number of carbonyl (C=O) groups is 1. The van der Waals surface area contributed by atoms with Gasteiger partial charge in [-0.2, -0.15) is 0 Å². The number of aliphatic carboxylic acids is 1. The van der Waals surface area contributed by atoms with Crippen molar-refractivity contribution in [1.29, 1.82) is 0 Å². The number of carboxylic acids is 1. The van der Waals surface area contributed by atoms with Gasteiger partial charge in [0.25, 0.3) is 0 Å². The van der Waals surface area contributed by atoms with Crippen molar-refractivity contribution in [3.63, 3.8) is 0 Å². The fourth-order valence-corrected chi connectivity index (χ4v) is 2.92. The van der Waals surface area contributed by atoms with Gasteiger partial charge in [0.05, 0.1) is 6.54 Å². The molecule has 2 N–H and O–H groups in total. The number of hydrogen-bond acceptors (Lipinski definition) is 5. The Bertz CT molecular complexity index is 754. The van der Waals surface area contributed by atoms with Crippen LogP contribution in [0, 0.1) is 6.92 Å². The highest BCUT2D eigenvalue weighted by molar-refractivity contribution is 5.69. The molecule has 0 unspecified atom stereocenters. The Hall–Kier alpha value is -2.73. The van der Waals surface area contributed by atoms with Gasteiger partial charge in [-0.25, -0.2) is 0 Å². The summed E-state index contributed by atoms with van der Waals surface area (Å²) in [5.74, 6) is 0.650. The molecule has 2 aromatic carbocycles. The Kier molecular flexibility index (Phi) is 5.09. The molecule has 0 bridgehead atoms. The second kappa shape index (κ2) is 7.44. The van der Waals surface area contributed by atoms with Gasteiger partial charge in [0.2, 0.25) is 0 Å². The van der Waals surface area contributed by atoms with Crippen LogP contribution < -0.4 is 9.47 Å². The largest absolute Gasteiger partial charge is 0.508 e. The molecule has 132 valence electrons. The van der Waals surface area contributed by atoms with Crippen molar-refractivity contribution in [1.82, 2.24) is 4.90 Å². The highest BCUT2D eigenvalue weighted by atomic mass is 16.6. The number of phenolic OH excluding ortho intramolecular Hbond substituents is 1. The number of phenols is 1. The highest BCUT2D eigenvalue weighted by Gasteiger charge is 2.17. The van der Waals surface area contributed by atoms with Gasteiger partial charge < -0.3 is 19.7 Å². The van der Waals surface area contributed by atoms with Crippen molar-refractivity contribution in [2.75, 3.05) is 19.8 Å². The quantitative estimate of drug-likeness (QED) is 0.839. The van der Waals surface area contributed by atoms with Gasteiger partial charge in [0, 0.05) is 18.7 Å². The van der Waals surface area contributed by atoms with Gasteiger partial charge in [-0.05, 0) is 36.2 Å². The molecule has 0 aliphatic carbocycles. The maximum Gasteiger partial charge on any atom is 0.317 e. The van der Waals surface area contributed by atoms with E-state index < -0.39 is 5.97 Å². The number of aromatic hydroxyl groups is 1. The lowest BCUT2D eigenvalue weighted by Crippen LogP contribution is -2.29. The molecule has 0 radical (unpaired) electrons. The molecule has 0 saturated heterocycles. The summed E-state index contributed by atoms with van der Waals surface area (Å²) in [5.41, 5.74) is 2.59. The zero-order chi connectivity index (χ0) is 17.8. The number of aryl methyl sites for hydroxylation is 1. The van der Waals surface area contributed by atoms with E-state index in [0.717, 1.165) is 16.7 Å². The lowest BCUT2D eigenvalue weighted by Gasteiger charge is -2.23. The third kappa shape index (κ3) is 4.22. The van der Waals surface area contributed by atoms with Crippen LogP contribution in [-0.2, 0) is 17.9 Å². The van der Waals surface area contributed by atoms with Gasteiger partial charge in [0.1, 0.15) is 19.0 Å². The molecule has 6 heteroatoms. The number of hydrogen-bond donors (Lipinski definition) is 2. The molecular weight excluding hydrogens is 322 g/mol. The molecule has 1 aliphatic heterocycles.